The van der Waals surface area contributed by atoms with Gasteiger partial charge in [0.05, 0.1) is 27.4 Å². The van der Waals surface area contributed by atoms with Crippen molar-refractivity contribution in [2.75, 3.05) is 4.90 Å². The van der Waals surface area contributed by atoms with Crippen molar-refractivity contribution in [2.45, 2.75) is 25.7 Å². The molecule has 0 fully saturated rings. The van der Waals surface area contributed by atoms with E-state index in [1.165, 1.54) is 28.4 Å². The summed E-state index contributed by atoms with van der Waals surface area (Å²) in [5.41, 5.74) is 1.20. The average molecular weight is 462 g/mol. The van der Waals surface area contributed by atoms with Gasteiger partial charge in [-0.1, -0.05) is 29.5 Å². The first-order valence-corrected chi connectivity index (χ1v) is 11.0. The average Bonchev–Trinajstić information content (AvgIpc) is 3.25. The topological polar surface area (TPSA) is 108 Å². The van der Waals surface area contributed by atoms with E-state index in [0.29, 0.717) is 32.5 Å². The smallest absolute Gasteiger partial charge is 0.274 e. The Hall–Kier alpha value is -4.05. The number of rotatable bonds is 5. The Bertz CT molecular complexity index is 1340. The van der Waals surface area contributed by atoms with E-state index < -0.39 is 17.1 Å². The number of thiazole rings is 1. The van der Waals surface area contributed by atoms with Crippen LogP contribution in [0.3, 0.4) is 0 Å². The number of fused-ring (bicyclic) bond motifs is 2. The van der Waals surface area contributed by atoms with Crippen molar-refractivity contribution in [1.29, 1.82) is 0 Å². The van der Waals surface area contributed by atoms with Gasteiger partial charge in [-0.3, -0.25) is 24.8 Å². The Morgan fingerprint density at radius 1 is 1.12 bits per heavy atom. The molecule has 10 heteroatoms. The van der Waals surface area contributed by atoms with Crippen LogP contribution in [0.5, 0.6) is 11.5 Å². The summed E-state index contributed by atoms with van der Waals surface area (Å²) in [5.74, 6) is 0.737. The minimum absolute atomic E-state index is 0.0328. The van der Waals surface area contributed by atoms with Gasteiger partial charge in [0.25, 0.3) is 11.6 Å². The summed E-state index contributed by atoms with van der Waals surface area (Å²) in [6.07, 6.45) is 0.220. The number of carbonyl (C=O) groups is 1. The van der Waals surface area contributed by atoms with Crippen LogP contribution in [-0.2, 0) is 11.3 Å². The molecule has 33 heavy (non-hydrogen) atoms. The van der Waals surface area contributed by atoms with E-state index in [9.17, 15) is 14.9 Å². The molecule has 3 heterocycles. The lowest BCUT2D eigenvalue weighted by atomic mass is 10.1. The van der Waals surface area contributed by atoms with Crippen LogP contribution in [0.15, 0.2) is 66.9 Å². The van der Waals surface area contributed by atoms with Crippen LogP contribution in [0.4, 0.5) is 10.8 Å². The fraction of sp³-hybridized carbons (Fsp3) is 0.174. The highest BCUT2D eigenvalue weighted by Gasteiger charge is 2.38. The summed E-state index contributed by atoms with van der Waals surface area (Å²) in [6, 6.07) is 17.1. The van der Waals surface area contributed by atoms with Crippen LogP contribution in [0.1, 0.15) is 12.6 Å². The lowest BCUT2D eigenvalue weighted by Gasteiger charge is -2.33. The van der Waals surface area contributed by atoms with Crippen molar-refractivity contribution < 1.29 is 19.2 Å². The van der Waals surface area contributed by atoms with Crippen molar-refractivity contribution in [3.8, 4) is 11.5 Å². The quantitative estimate of drug-likeness (QED) is 0.320. The molecule has 2 atom stereocenters. The number of non-ortho nitro benzene ring substituents is 1. The minimum atomic E-state index is -0.898. The number of hydrogen-bond acceptors (Lipinski definition) is 8. The molecule has 0 saturated carbocycles. The van der Waals surface area contributed by atoms with Crippen LogP contribution in [0, 0.1) is 10.1 Å². The number of benzene rings is 2. The van der Waals surface area contributed by atoms with Crippen LogP contribution in [0.2, 0.25) is 0 Å². The Balaban J connectivity index is 1.53. The number of nitro groups is 1. The normalized spacial score (nSPS) is 17.0. The lowest BCUT2D eigenvalue weighted by Crippen LogP contribution is -2.50. The van der Waals surface area contributed by atoms with E-state index in [-0.39, 0.29) is 18.1 Å². The molecule has 2 unspecified atom stereocenters. The molecular formula is C23H18N4O5S. The second kappa shape index (κ2) is 8.47. The Labute approximate surface area is 192 Å². The predicted octanol–water partition coefficient (Wildman–Crippen LogP) is 4.36. The van der Waals surface area contributed by atoms with Crippen molar-refractivity contribution in [3.63, 3.8) is 0 Å². The first kappa shape index (κ1) is 20.8. The van der Waals surface area contributed by atoms with Gasteiger partial charge in [0.2, 0.25) is 6.10 Å². The number of nitrogens with zero attached hydrogens (tertiary/aromatic N) is 4. The van der Waals surface area contributed by atoms with Crippen LogP contribution in [0.25, 0.3) is 10.2 Å². The molecule has 166 valence electrons. The number of ether oxygens (including phenoxy) is 2. The van der Waals surface area contributed by atoms with Crippen LogP contribution in [-0.4, -0.2) is 33.0 Å². The first-order chi connectivity index (χ1) is 16.0. The monoisotopic (exact) mass is 462 g/mol. The summed E-state index contributed by atoms with van der Waals surface area (Å²) in [4.78, 5) is 34.8. The zero-order chi connectivity index (χ0) is 22.9. The summed E-state index contributed by atoms with van der Waals surface area (Å²) >= 11 is 1.20. The first-order valence-electron chi connectivity index (χ1n) is 10.2. The number of nitro benzene ring substituents is 1. The second-order valence-corrected chi connectivity index (χ2v) is 8.47. The summed E-state index contributed by atoms with van der Waals surface area (Å²) in [6.45, 7) is 1.94. The number of hydrogen-bond donors (Lipinski definition) is 0. The summed E-state index contributed by atoms with van der Waals surface area (Å²) in [5, 5.41) is 11.6. The Kier molecular flexibility index (Phi) is 5.35. The maximum Gasteiger partial charge on any atom is 0.274 e. The zero-order valence-corrected chi connectivity index (χ0v) is 18.3. The molecule has 9 nitrogen and oxygen atoms in total. The lowest BCUT2D eigenvalue weighted by molar-refractivity contribution is -0.384. The molecule has 4 aromatic rings. The van der Waals surface area contributed by atoms with Gasteiger partial charge in [0.1, 0.15) is 6.10 Å². The van der Waals surface area contributed by atoms with Gasteiger partial charge in [-0.15, -0.1) is 0 Å². The number of anilines is 1. The molecule has 0 radical (unpaired) electrons. The van der Waals surface area contributed by atoms with Crippen molar-refractivity contribution in [1.82, 2.24) is 9.97 Å². The Morgan fingerprint density at radius 3 is 2.61 bits per heavy atom. The highest BCUT2D eigenvalue weighted by atomic mass is 32.1. The largest absolute Gasteiger partial charge is 0.482 e. The van der Waals surface area contributed by atoms with E-state index in [0.717, 1.165) is 0 Å². The minimum Gasteiger partial charge on any atom is -0.482 e. The number of carbonyl (C=O) groups excluding carboxylic acids is 1. The van der Waals surface area contributed by atoms with Crippen molar-refractivity contribution in [2.24, 2.45) is 0 Å². The highest BCUT2D eigenvalue weighted by Crippen LogP contribution is 2.36. The summed E-state index contributed by atoms with van der Waals surface area (Å²) < 4.78 is 12.6. The second-order valence-electron chi connectivity index (χ2n) is 7.46. The molecule has 2 aromatic carbocycles. The number of aromatic nitrogens is 2. The van der Waals surface area contributed by atoms with E-state index in [1.807, 2.05) is 24.3 Å². The molecule has 0 saturated heterocycles. The molecular weight excluding hydrogens is 444 g/mol. The van der Waals surface area contributed by atoms with Crippen LogP contribution >= 0.6 is 11.3 Å². The Morgan fingerprint density at radius 2 is 1.88 bits per heavy atom. The SMILES string of the molecule is CC1Oc2ccccc2OC1C(=O)N(Cc1ccccn1)c1nc2ccc([N+](=O)[O-])cc2s1. The van der Waals surface area contributed by atoms with Gasteiger partial charge in [-0.05, 0) is 37.3 Å². The van der Waals surface area contributed by atoms with Gasteiger partial charge >= 0.3 is 0 Å². The molecule has 5 rings (SSSR count). The third-order valence-electron chi connectivity index (χ3n) is 5.20. The van der Waals surface area contributed by atoms with E-state index >= 15 is 0 Å². The molecule has 0 spiro atoms. The van der Waals surface area contributed by atoms with Crippen molar-refractivity contribution in [3.05, 3.63) is 82.7 Å². The van der Waals surface area contributed by atoms with Crippen LogP contribution < -0.4 is 14.4 Å². The molecule has 0 N–H and O–H groups in total. The van der Waals surface area contributed by atoms with E-state index in [4.69, 9.17) is 9.47 Å². The van der Waals surface area contributed by atoms with Gasteiger partial charge in [0, 0.05) is 18.3 Å². The number of pyridine rings is 1. The maximum absolute atomic E-state index is 13.7. The highest BCUT2D eigenvalue weighted by molar-refractivity contribution is 7.22. The zero-order valence-electron chi connectivity index (χ0n) is 17.5. The van der Waals surface area contributed by atoms with E-state index in [2.05, 4.69) is 9.97 Å². The van der Waals surface area contributed by atoms with Gasteiger partial charge in [0.15, 0.2) is 16.6 Å². The van der Waals surface area contributed by atoms with E-state index in [1.54, 1.807) is 37.4 Å². The third-order valence-corrected chi connectivity index (χ3v) is 6.24. The predicted molar refractivity (Wildman–Crippen MR) is 123 cm³/mol. The molecule has 1 amide bonds. The number of amides is 1. The molecule has 0 bridgehead atoms. The maximum atomic E-state index is 13.7. The number of para-hydroxylation sites is 2. The van der Waals surface area contributed by atoms with Crippen molar-refractivity contribution >= 4 is 38.3 Å². The fourth-order valence-electron chi connectivity index (χ4n) is 3.57. The van der Waals surface area contributed by atoms with Gasteiger partial charge < -0.3 is 9.47 Å². The molecule has 0 aliphatic carbocycles. The van der Waals surface area contributed by atoms with Gasteiger partial charge in [-0.25, -0.2) is 4.98 Å². The molecule has 1 aliphatic rings. The standard InChI is InChI=1S/C23H18N4O5S/c1-14-21(32-19-8-3-2-7-18(19)31-14)22(28)26(13-15-6-4-5-11-24-15)23-25-17-10-9-16(27(29)30)12-20(17)33-23/h2-12,14,21H,13H2,1H3. The van der Waals surface area contributed by atoms with Gasteiger partial charge in [-0.2, -0.15) is 0 Å². The third kappa shape index (κ3) is 4.08. The fourth-order valence-corrected chi connectivity index (χ4v) is 4.57. The molecule has 2 aromatic heterocycles. The molecule has 1 aliphatic heterocycles. The summed E-state index contributed by atoms with van der Waals surface area (Å²) in [7, 11) is 0.